The Morgan fingerprint density at radius 1 is 1.33 bits per heavy atom. The SMILES string of the molecule is CCc1nc(N2CCOCC2)ncc1C(=O)NCC1CCCN(C(C)C)C1. The Balaban J connectivity index is 1.60. The molecular weight excluding hydrogens is 342 g/mol. The van der Waals surface area contributed by atoms with Crippen molar-refractivity contribution >= 4 is 11.9 Å². The molecule has 3 rings (SSSR count). The van der Waals surface area contributed by atoms with Crippen molar-refractivity contribution < 1.29 is 9.53 Å². The van der Waals surface area contributed by atoms with Gasteiger partial charge in [-0.05, 0) is 45.6 Å². The highest BCUT2D eigenvalue weighted by atomic mass is 16.5. The van der Waals surface area contributed by atoms with E-state index < -0.39 is 0 Å². The fourth-order valence-corrected chi connectivity index (χ4v) is 3.85. The Hall–Kier alpha value is -1.73. The van der Waals surface area contributed by atoms with Crippen LogP contribution in [0, 0.1) is 5.92 Å². The molecule has 0 bridgehead atoms. The van der Waals surface area contributed by atoms with E-state index in [2.05, 4.69) is 38.9 Å². The molecule has 1 aromatic heterocycles. The maximum atomic E-state index is 12.7. The van der Waals surface area contributed by atoms with E-state index in [1.165, 1.54) is 19.4 Å². The number of likely N-dealkylation sites (tertiary alicyclic amines) is 1. The lowest BCUT2D eigenvalue weighted by Crippen LogP contribution is -2.43. The third-order valence-electron chi connectivity index (χ3n) is 5.56. The molecule has 1 atom stereocenters. The lowest BCUT2D eigenvalue weighted by atomic mass is 9.97. The highest BCUT2D eigenvalue weighted by molar-refractivity contribution is 5.95. The van der Waals surface area contributed by atoms with Crippen LogP contribution in [0.3, 0.4) is 0 Å². The van der Waals surface area contributed by atoms with Gasteiger partial charge < -0.3 is 19.9 Å². The Morgan fingerprint density at radius 3 is 2.81 bits per heavy atom. The minimum atomic E-state index is -0.0537. The Bertz CT molecular complexity index is 631. The average Bonchev–Trinajstić information content (AvgIpc) is 2.72. The smallest absolute Gasteiger partial charge is 0.254 e. The summed E-state index contributed by atoms with van der Waals surface area (Å²) in [5.74, 6) is 1.16. The van der Waals surface area contributed by atoms with Crippen LogP contribution in [0.2, 0.25) is 0 Å². The molecule has 0 aliphatic carbocycles. The molecule has 2 fully saturated rings. The Morgan fingerprint density at radius 2 is 2.11 bits per heavy atom. The zero-order chi connectivity index (χ0) is 19.2. The maximum Gasteiger partial charge on any atom is 0.254 e. The topological polar surface area (TPSA) is 70.6 Å². The van der Waals surface area contributed by atoms with E-state index in [1.807, 2.05) is 6.92 Å². The summed E-state index contributed by atoms with van der Waals surface area (Å²) in [4.78, 5) is 26.5. The van der Waals surface area contributed by atoms with Gasteiger partial charge in [0.15, 0.2) is 0 Å². The molecular formula is C20H33N5O2. The van der Waals surface area contributed by atoms with Crippen molar-refractivity contribution in [1.29, 1.82) is 0 Å². The summed E-state index contributed by atoms with van der Waals surface area (Å²) in [6.45, 7) is 12.4. The molecule has 0 aromatic carbocycles. The van der Waals surface area contributed by atoms with Crippen LogP contribution in [-0.4, -0.2) is 72.8 Å². The second-order valence-corrected chi connectivity index (χ2v) is 7.79. The van der Waals surface area contributed by atoms with Gasteiger partial charge in [-0.15, -0.1) is 0 Å². The summed E-state index contributed by atoms with van der Waals surface area (Å²) >= 11 is 0. The quantitative estimate of drug-likeness (QED) is 0.816. The second kappa shape index (κ2) is 9.46. The van der Waals surface area contributed by atoms with Gasteiger partial charge in [-0.25, -0.2) is 9.97 Å². The highest BCUT2D eigenvalue weighted by Crippen LogP contribution is 2.18. The standard InChI is InChI=1S/C20H33N5O2/c1-4-18-17(13-22-20(23-18)24-8-10-27-11-9-24)19(26)21-12-16-6-5-7-25(14-16)15(2)3/h13,15-16H,4-12,14H2,1-3H3,(H,21,26). The summed E-state index contributed by atoms with van der Waals surface area (Å²) in [6.07, 6.45) is 4.79. The zero-order valence-electron chi connectivity index (χ0n) is 16.9. The second-order valence-electron chi connectivity index (χ2n) is 7.79. The number of ether oxygens (including phenoxy) is 1. The van der Waals surface area contributed by atoms with Crippen molar-refractivity contribution in [3.05, 3.63) is 17.5 Å². The van der Waals surface area contributed by atoms with E-state index in [9.17, 15) is 4.79 Å². The van der Waals surface area contributed by atoms with Gasteiger partial charge in [-0.2, -0.15) is 0 Å². The van der Waals surface area contributed by atoms with E-state index in [0.717, 1.165) is 31.9 Å². The van der Waals surface area contributed by atoms with Crippen LogP contribution in [0.15, 0.2) is 6.20 Å². The molecule has 0 radical (unpaired) electrons. The number of aromatic nitrogens is 2. The van der Waals surface area contributed by atoms with Gasteiger partial charge in [0.05, 0.1) is 24.5 Å². The molecule has 7 nitrogen and oxygen atoms in total. The van der Waals surface area contributed by atoms with Crippen LogP contribution in [0.4, 0.5) is 5.95 Å². The summed E-state index contributed by atoms with van der Waals surface area (Å²) in [7, 11) is 0. The fourth-order valence-electron chi connectivity index (χ4n) is 3.85. The number of anilines is 1. The summed E-state index contributed by atoms with van der Waals surface area (Å²) in [5.41, 5.74) is 1.42. The predicted molar refractivity (Wildman–Crippen MR) is 106 cm³/mol. The van der Waals surface area contributed by atoms with Gasteiger partial charge in [0.25, 0.3) is 5.91 Å². The number of hydrogen-bond acceptors (Lipinski definition) is 6. The predicted octanol–water partition coefficient (Wildman–Crippen LogP) is 1.73. The molecule has 1 N–H and O–H groups in total. The van der Waals surface area contributed by atoms with Crippen molar-refractivity contribution in [2.45, 2.75) is 46.1 Å². The van der Waals surface area contributed by atoms with E-state index in [4.69, 9.17) is 4.74 Å². The number of piperidine rings is 1. The van der Waals surface area contributed by atoms with Crippen LogP contribution >= 0.6 is 0 Å². The average molecular weight is 376 g/mol. The molecule has 2 aliphatic rings. The number of hydrogen-bond donors (Lipinski definition) is 1. The number of morpholine rings is 1. The van der Waals surface area contributed by atoms with E-state index >= 15 is 0 Å². The first kappa shape index (κ1) is 20.0. The van der Waals surface area contributed by atoms with Crippen molar-refractivity contribution in [2.75, 3.05) is 50.8 Å². The lowest BCUT2D eigenvalue weighted by molar-refractivity contribution is 0.0920. The van der Waals surface area contributed by atoms with Gasteiger partial charge in [-0.1, -0.05) is 6.92 Å². The molecule has 27 heavy (non-hydrogen) atoms. The molecule has 2 aliphatic heterocycles. The molecule has 2 saturated heterocycles. The molecule has 0 saturated carbocycles. The molecule has 1 amide bonds. The molecule has 0 spiro atoms. The van der Waals surface area contributed by atoms with Crippen LogP contribution in [0.1, 0.15) is 49.7 Å². The summed E-state index contributed by atoms with van der Waals surface area (Å²) < 4.78 is 5.39. The highest BCUT2D eigenvalue weighted by Gasteiger charge is 2.23. The summed E-state index contributed by atoms with van der Waals surface area (Å²) in [6, 6.07) is 0.566. The van der Waals surface area contributed by atoms with Crippen molar-refractivity contribution in [3.8, 4) is 0 Å². The number of nitrogens with zero attached hydrogens (tertiary/aromatic N) is 4. The zero-order valence-corrected chi connectivity index (χ0v) is 16.9. The van der Waals surface area contributed by atoms with Gasteiger partial charge in [0.1, 0.15) is 0 Å². The van der Waals surface area contributed by atoms with Crippen LogP contribution in [-0.2, 0) is 11.2 Å². The minimum Gasteiger partial charge on any atom is -0.378 e. The third-order valence-corrected chi connectivity index (χ3v) is 5.56. The van der Waals surface area contributed by atoms with Crippen LogP contribution in [0.25, 0.3) is 0 Å². The Labute approximate surface area is 162 Å². The first-order valence-electron chi connectivity index (χ1n) is 10.3. The molecule has 7 heteroatoms. The van der Waals surface area contributed by atoms with E-state index in [0.29, 0.717) is 43.1 Å². The fraction of sp³-hybridized carbons (Fsp3) is 0.750. The number of nitrogens with one attached hydrogen (secondary N) is 1. The minimum absolute atomic E-state index is 0.0537. The van der Waals surface area contributed by atoms with E-state index in [-0.39, 0.29) is 5.91 Å². The maximum absolute atomic E-state index is 12.7. The normalized spacial score (nSPS) is 21.5. The first-order chi connectivity index (χ1) is 13.1. The van der Waals surface area contributed by atoms with Gasteiger partial charge >= 0.3 is 0 Å². The van der Waals surface area contributed by atoms with Crippen LogP contribution in [0.5, 0.6) is 0 Å². The van der Waals surface area contributed by atoms with Crippen molar-refractivity contribution in [1.82, 2.24) is 20.2 Å². The molecule has 3 heterocycles. The van der Waals surface area contributed by atoms with Gasteiger partial charge in [-0.3, -0.25) is 4.79 Å². The number of aryl methyl sites for hydroxylation is 1. The monoisotopic (exact) mass is 375 g/mol. The van der Waals surface area contributed by atoms with Crippen LogP contribution < -0.4 is 10.2 Å². The van der Waals surface area contributed by atoms with E-state index in [1.54, 1.807) is 6.20 Å². The number of amides is 1. The first-order valence-corrected chi connectivity index (χ1v) is 10.3. The number of rotatable bonds is 6. The summed E-state index contributed by atoms with van der Waals surface area (Å²) in [5, 5.41) is 3.12. The van der Waals surface area contributed by atoms with Crippen molar-refractivity contribution in [3.63, 3.8) is 0 Å². The van der Waals surface area contributed by atoms with Crippen molar-refractivity contribution in [2.24, 2.45) is 5.92 Å². The number of carbonyl (C=O) groups is 1. The van der Waals surface area contributed by atoms with Gasteiger partial charge in [0.2, 0.25) is 5.95 Å². The molecule has 1 unspecified atom stereocenters. The van der Waals surface area contributed by atoms with Gasteiger partial charge in [0, 0.05) is 38.4 Å². The number of carbonyl (C=O) groups excluding carboxylic acids is 1. The molecule has 1 aromatic rings. The largest absolute Gasteiger partial charge is 0.378 e. The Kier molecular flexibility index (Phi) is 7.01. The third kappa shape index (κ3) is 5.17. The molecule has 150 valence electrons. The lowest BCUT2D eigenvalue weighted by Gasteiger charge is -2.35.